The first kappa shape index (κ1) is 17.6. The van der Waals surface area contributed by atoms with Crippen molar-refractivity contribution in [2.24, 2.45) is 11.7 Å². The van der Waals surface area contributed by atoms with E-state index in [1.54, 1.807) is 0 Å². The Morgan fingerprint density at radius 2 is 2.04 bits per heavy atom. The normalized spacial score (nSPS) is 22.3. The van der Waals surface area contributed by atoms with E-state index >= 15 is 0 Å². The summed E-state index contributed by atoms with van der Waals surface area (Å²) >= 11 is 0. The van der Waals surface area contributed by atoms with E-state index in [2.05, 4.69) is 28.2 Å². The fraction of sp³-hybridized carbons (Fsp3) is 0.400. The number of nitrogens with zero attached hydrogens (tertiary/aromatic N) is 2. The molecule has 5 heteroatoms. The van der Waals surface area contributed by atoms with Crippen molar-refractivity contribution in [1.29, 1.82) is 0 Å². The van der Waals surface area contributed by atoms with Gasteiger partial charge >= 0.3 is 0 Å². The molecule has 3 rings (SSSR count). The number of pyridine rings is 1. The van der Waals surface area contributed by atoms with Crippen LogP contribution in [0.25, 0.3) is 0 Å². The van der Waals surface area contributed by atoms with Gasteiger partial charge in [0.2, 0.25) is 5.91 Å². The molecule has 5 nitrogen and oxygen atoms in total. The Hall–Kier alpha value is -2.24. The van der Waals surface area contributed by atoms with Gasteiger partial charge < -0.3 is 11.1 Å². The summed E-state index contributed by atoms with van der Waals surface area (Å²) in [6, 6.07) is 15.1. The zero-order chi connectivity index (χ0) is 17.6. The Morgan fingerprint density at radius 1 is 1.28 bits per heavy atom. The van der Waals surface area contributed by atoms with Gasteiger partial charge in [-0.25, -0.2) is 0 Å². The molecule has 2 heterocycles. The van der Waals surface area contributed by atoms with Crippen LogP contribution in [0.2, 0.25) is 0 Å². The molecule has 1 aromatic carbocycles. The molecule has 1 saturated heterocycles. The van der Waals surface area contributed by atoms with Gasteiger partial charge in [0, 0.05) is 31.9 Å². The zero-order valence-electron chi connectivity index (χ0n) is 14.6. The molecule has 3 atom stereocenters. The van der Waals surface area contributed by atoms with E-state index in [1.807, 2.05) is 48.7 Å². The molecule has 0 bridgehead atoms. The van der Waals surface area contributed by atoms with Crippen LogP contribution in [-0.4, -0.2) is 34.9 Å². The third-order valence-corrected chi connectivity index (χ3v) is 4.87. The Morgan fingerprint density at radius 3 is 2.72 bits per heavy atom. The topological polar surface area (TPSA) is 71.2 Å². The second-order valence-corrected chi connectivity index (χ2v) is 6.83. The van der Waals surface area contributed by atoms with E-state index in [0.29, 0.717) is 5.92 Å². The van der Waals surface area contributed by atoms with Gasteiger partial charge in [0.15, 0.2) is 0 Å². The third kappa shape index (κ3) is 4.65. The Bertz CT molecular complexity index is 677. The number of aromatic nitrogens is 1. The summed E-state index contributed by atoms with van der Waals surface area (Å²) in [4.78, 5) is 19.3. The number of rotatable bonds is 5. The first-order valence-electron chi connectivity index (χ1n) is 8.86. The van der Waals surface area contributed by atoms with Crippen LogP contribution in [0.5, 0.6) is 0 Å². The predicted molar refractivity (Wildman–Crippen MR) is 98.6 cm³/mol. The molecule has 3 N–H and O–H groups in total. The van der Waals surface area contributed by atoms with E-state index in [1.165, 1.54) is 0 Å². The van der Waals surface area contributed by atoms with Crippen LogP contribution in [0.15, 0.2) is 54.7 Å². The summed E-state index contributed by atoms with van der Waals surface area (Å²) in [6.07, 6.45) is 2.76. The molecular formula is C20H26N4O. The molecule has 0 radical (unpaired) electrons. The van der Waals surface area contributed by atoms with Gasteiger partial charge in [0.1, 0.15) is 6.04 Å². The number of nitrogens with two attached hydrogens (primary N) is 1. The maximum Gasteiger partial charge on any atom is 0.241 e. The largest absolute Gasteiger partial charge is 0.351 e. The Balaban J connectivity index is 1.52. The number of benzene rings is 1. The van der Waals surface area contributed by atoms with Crippen molar-refractivity contribution in [1.82, 2.24) is 15.2 Å². The van der Waals surface area contributed by atoms with Crippen LogP contribution in [-0.2, 0) is 11.3 Å². The number of hydrogen-bond acceptors (Lipinski definition) is 4. The zero-order valence-corrected chi connectivity index (χ0v) is 14.6. The fourth-order valence-electron chi connectivity index (χ4n) is 3.40. The molecule has 1 aliphatic rings. The lowest BCUT2D eigenvalue weighted by molar-refractivity contribution is -0.124. The fourth-order valence-corrected chi connectivity index (χ4v) is 3.40. The minimum Gasteiger partial charge on any atom is -0.351 e. The van der Waals surface area contributed by atoms with E-state index in [0.717, 1.165) is 37.3 Å². The monoisotopic (exact) mass is 338 g/mol. The first-order chi connectivity index (χ1) is 12.1. The maximum absolute atomic E-state index is 12.5. The van der Waals surface area contributed by atoms with Crippen LogP contribution >= 0.6 is 0 Å². The van der Waals surface area contributed by atoms with Gasteiger partial charge in [-0.15, -0.1) is 0 Å². The second-order valence-electron chi connectivity index (χ2n) is 6.83. The van der Waals surface area contributed by atoms with Crippen LogP contribution in [0.4, 0.5) is 0 Å². The van der Waals surface area contributed by atoms with Crippen LogP contribution in [0.1, 0.15) is 30.6 Å². The summed E-state index contributed by atoms with van der Waals surface area (Å²) < 4.78 is 0. The van der Waals surface area contributed by atoms with E-state index in [9.17, 15) is 4.79 Å². The molecule has 0 unspecified atom stereocenters. The smallest absolute Gasteiger partial charge is 0.241 e. The summed E-state index contributed by atoms with van der Waals surface area (Å²) in [7, 11) is 0. The van der Waals surface area contributed by atoms with Crippen molar-refractivity contribution in [3.8, 4) is 0 Å². The molecule has 1 fully saturated rings. The van der Waals surface area contributed by atoms with E-state index < -0.39 is 6.04 Å². The lowest BCUT2D eigenvalue weighted by atomic mass is 9.93. The molecule has 1 amide bonds. The quantitative estimate of drug-likeness (QED) is 0.876. The van der Waals surface area contributed by atoms with Crippen LogP contribution < -0.4 is 11.1 Å². The minimum absolute atomic E-state index is 0.0961. The lowest BCUT2D eigenvalue weighted by Gasteiger charge is -2.37. The van der Waals surface area contributed by atoms with Crippen molar-refractivity contribution in [3.05, 3.63) is 66.0 Å². The molecule has 0 aliphatic carbocycles. The second kappa shape index (κ2) is 8.23. The molecule has 25 heavy (non-hydrogen) atoms. The summed E-state index contributed by atoms with van der Waals surface area (Å²) in [5.41, 5.74) is 8.03. The van der Waals surface area contributed by atoms with Crippen molar-refractivity contribution < 1.29 is 4.79 Å². The van der Waals surface area contributed by atoms with Gasteiger partial charge in [0.05, 0.1) is 5.69 Å². The number of carbonyl (C=O) groups is 1. The SMILES string of the molecule is C[C@@H]1CN(Cc2ccccn2)CC[C@H]1NC(=O)[C@H](N)c1ccccc1. The number of likely N-dealkylation sites (tertiary alicyclic amines) is 1. The third-order valence-electron chi connectivity index (χ3n) is 4.87. The van der Waals surface area contributed by atoms with Gasteiger partial charge in [0.25, 0.3) is 0 Å². The molecule has 2 aromatic rings. The van der Waals surface area contributed by atoms with Crippen molar-refractivity contribution in [2.45, 2.75) is 32.0 Å². The van der Waals surface area contributed by atoms with Crippen molar-refractivity contribution in [3.63, 3.8) is 0 Å². The molecule has 1 aromatic heterocycles. The summed E-state index contributed by atoms with van der Waals surface area (Å²) in [5, 5.41) is 3.15. The van der Waals surface area contributed by atoms with Crippen LogP contribution in [0.3, 0.4) is 0 Å². The average Bonchev–Trinajstić information content (AvgIpc) is 2.65. The van der Waals surface area contributed by atoms with Crippen molar-refractivity contribution in [2.75, 3.05) is 13.1 Å². The Kier molecular flexibility index (Phi) is 5.79. The van der Waals surface area contributed by atoms with Gasteiger partial charge in [-0.3, -0.25) is 14.7 Å². The molecule has 0 spiro atoms. The lowest BCUT2D eigenvalue weighted by Crippen LogP contribution is -2.51. The molecular weight excluding hydrogens is 312 g/mol. The molecule has 132 valence electrons. The first-order valence-corrected chi connectivity index (χ1v) is 8.86. The maximum atomic E-state index is 12.5. The highest BCUT2D eigenvalue weighted by Gasteiger charge is 2.29. The van der Waals surface area contributed by atoms with E-state index in [-0.39, 0.29) is 11.9 Å². The van der Waals surface area contributed by atoms with Crippen molar-refractivity contribution >= 4 is 5.91 Å². The Labute approximate surface area is 149 Å². The summed E-state index contributed by atoms with van der Waals surface area (Å²) in [6.45, 7) is 4.94. The summed E-state index contributed by atoms with van der Waals surface area (Å²) in [5.74, 6) is 0.283. The number of carbonyl (C=O) groups excluding carboxylic acids is 1. The molecule has 1 aliphatic heterocycles. The highest BCUT2D eigenvalue weighted by atomic mass is 16.2. The van der Waals surface area contributed by atoms with Gasteiger partial charge in [-0.05, 0) is 30.0 Å². The molecule has 0 saturated carbocycles. The standard InChI is InChI=1S/C20H26N4O/c1-15-13-24(14-17-9-5-6-11-22-17)12-10-18(15)23-20(25)19(21)16-7-3-2-4-8-16/h2-9,11,15,18-19H,10,12-14,21H2,1H3,(H,23,25)/t15-,18-,19-/m1/s1. The van der Waals surface area contributed by atoms with Gasteiger partial charge in [-0.2, -0.15) is 0 Å². The van der Waals surface area contributed by atoms with Gasteiger partial charge in [-0.1, -0.05) is 43.3 Å². The average molecular weight is 338 g/mol. The highest BCUT2D eigenvalue weighted by molar-refractivity contribution is 5.83. The number of amides is 1. The number of nitrogens with one attached hydrogen (secondary N) is 1. The number of hydrogen-bond donors (Lipinski definition) is 2. The van der Waals surface area contributed by atoms with Crippen LogP contribution in [0, 0.1) is 5.92 Å². The highest BCUT2D eigenvalue weighted by Crippen LogP contribution is 2.19. The van der Waals surface area contributed by atoms with E-state index in [4.69, 9.17) is 5.73 Å². The minimum atomic E-state index is -0.611. The number of piperidine rings is 1. The predicted octanol–water partition coefficient (Wildman–Crippen LogP) is 2.11.